The maximum Gasteiger partial charge on any atom is 0.158 e. The molecule has 1 atom stereocenters. The number of halogens is 1. The van der Waals surface area contributed by atoms with Crippen LogP contribution in [0.1, 0.15) is 12.1 Å². The molecular formula is C10H13FN2S2. The molecule has 0 amide bonds. The van der Waals surface area contributed by atoms with Gasteiger partial charge in [0.05, 0.1) is 5.69 Å². The zero-order chi connectivity index (χ0) is 10.8. The highest BCUT2D eigenvalue weighted by Crippen LogP contribution is 2.26. The first-order valence-corrected chi connectivity index (χ1v) is 6.13. The number of hydrogen-bond acceptors (Lipinski definition) is 3. The Morgan fingerprint density at radius 3 is 3.13 bits per heavy atom. The standard InChI is InChI=1S/C10H13FN2S2/c1-13-3-2-7(4-8(13)5-11)9-6-15-10(14)12-9/h2,6,8H,3-5H2,1H3,(H,12,14)/t8-/m0/s1. The van der Waals surface area contributed by atoms with Gasteiger partial charge in [-0.25, -0.2) is 4.39 Å². The zero-order valence-corrected chi connectivity index (χ0v) is 10.1. The van der Waals surface area contributed by atoms with Crippen molar-refractivity contribution in [2.45, 2.75) is 12.5 Å². The van der Waals surface area contributed by atoms with Gasteiger partial charge in [-0.1, -0.05) is 6.08 Å². The number of hydrogen-bond donors (Lipinski definition) is 1. The van der Waals surface area contributed by atoms with Crippen LogP contribution in [-0.2, 0) is 0 Å². The fourth-order valence-electron chi connectivity index (χ4n) is 1.73. The van der Waals surface area contributed by atoms with Gasteiger partial charge in [0, 0.05) is 18.0 Å². The molecule has 0 saturated heterocycles. The first-order valence-electron chi connectivity index (χ1n) is 4.84. The molecule has 82 valence electrons. The molecule has 15 heavy (non-hydrogen) atoms. The molecule has 0 spiro atoms. The number of rotatable bonds is 2. The van der Waals surface area contributed by atoms with E-state index in [2.05, 4.69) is 11.1 Å². The number of aromatic nitrogens is 1. The van der Waals surface area contributed by atoms with E-state index >= 15 is 0 Å². The van der Waals surface area contributed by atoms with E-state index in [-0.39, 0.29) is 12.7 Å². The van der Waals surface area contributed by atoms with Crippen molar-refractivity contribution in [3.8, 4) is 0 Å². The fourth-order valence-corrected chi connectivity index (χ4v) is 2.58. The van der Waals surface area contributed by atoms with Crippen LogP contribution in [0.15, 0.2) is 11.5 Å². The van der Waals surface area contributed by atoms with Gasteiger partial charge < -0.3 is 4.98 Å². The second-order valence-electron chi connectivity index (χ2n) is 3.74. The number of nitrogens with one attached hydrogen (secondary N) is 1. The van der Waals surface area contributed by atoms with Gasteiger partial charge in [0.1, 0.15) is 6.67 Å². The predicted molar refractivity (Wildman–Crippen MR) is 64.5 cm³/mol. The molecule has 2 rings (SSSR count). The van der Waals surface area contributed by atoms with Gasteiger partial charge >= 0.3 is 0 Å². The maximum atomic E-state index is 12.7. The van der Waals surface area contributed by atoms with Gasteiger partial charge in [0.25, 0.3) is 0 Å². The molecule has 0 radical (unpaired) electrons. The molecular weight excluding hydrogens is 231 g/mol. The quantitative estimate of drug-likeness (QED) is 0.807. The summed E-state index contributed by atoms with van der Waals surface area (Å²) in [5.41, 5.74) is 2.24. The minimum Gasteiger partial charge on any atom is -0.337 e. The lowest BCUT2D eigenvalue weighted by Crippen LogP contribution is -2.36. The summed E-state index contributed by atoms with van der Waals surface area (Å²) in [4.78, 5) is 5.16. The summed E-state index contributed by atoms with van der Waals surface area (Å²) >= 11 is 6.55. The molecule has 1 N–H and O–H groups in total. The average molecular weight is 244 g/mol. The van der Waals surface area contributed by atoms with E-state index in [0.717, 1.165) is 22.6 Å². The Bertz CT molecular complexity index is 421. The maximum absolute atomic E-state index is 12.7. The lowest BCUT2D eigenvalue weighted by molar-refractivity contribution is 0.215. The van der Waals surface area contributed by atoms with Crippen LogP contribution in [0.2, 0.25) is 0 Å². The minimum absolute atomic E-state index is 0.00636. The highest BCUT2D eigenvalue weighted by atomic mass is 32.1. The van der Waals surface area contributed by atoms with Gasteiger partial charge in [-0.2, -0.15) is 0 Å². The Hall–Kier alpha value is -0.520. The fraction of sp³-hybridized carbons (Fsp3) is 0.500. The van der Waals surface area contributed by atoms with Gasteiger partial charge in [0.2, 0.25) is 0 Å². The van der Waals surface area contributed by atoms with E-state index in [1.807, 2.05) is 17.3 Å². The second-order valence-corrected chi connectivity index (χ2v) is 5.29. The number of nitrogens with zero attached hydrogens (tertiary/aromatic N) is 1. The molecule has 5 heteroatoms. The third-order valence-corrected chi connectivity index (χ3v) is 3.81. The lowest BCUT2D eigenvalue weighted by atomic mass is 9.99. The van der Waals surface area contributed by atoms with Crippen LogP contribution in [0.25, 0.3) is 5.57 Å². The molecule has 0 aliphatic carbocycles. The van der Waals surface area contributed by atoms with Crippen molar-refractivity contribution in [1.29, 1.82) is 0 Å². The number of H-pyrrole nitrogens is 1. The Balaban J connectivity index is 2.21. The summed E-state index contributed by atoms with van der Waals surface area (Å²) in [7, 11) is 1.95. The van der Waals surface area contributed by atoms with E-state index < -0.39 is 0 Å². The molecule has 0 saturated carbocycles. The molecule has 0 aromatic carbocycles. The highest BCUT2D eigenvalue weighted by Gasteiger charge is 2.21. The minimum atomic E-state index is -0.293. The van der Waals surface area contributed by atoms with Gasteiger partial charge in [-0.15, -0.1) is 11.3 Å². The zero-order valence-electron chi connectivity index (χ0n) is 8.50. The molecule has 1 aromatic rings. The van der Waals surface area contributed by atoms with Crippen molar-refractivity contribution in [2.75, 3.05) is 20.3 Å². The Morgan fingerprint density at radius 1 is 1.73 bits per heavy atom. The van der Waals surface area contributed by atoms with Crippen LogP contribution in [-0.4, -0.2) is 36.2 Å². The van der Waals surface area contributed by atoms with Crippen LogP contribution in [0.4, 0.5) is 4.39 Å². The summed E-state index contributed by atoms with van der Waals surface area (Å²) in [6.45, 7) is 0.513. The summed E-state index contributed by atoms with van der Waals surface area (Å²) < 4.78 is 13.5. The van der Waals surface area contributed by atoms with Crippen LogP contribution in [0, 0.1) is 3.95 Å². The van der Waals surface area contributed by atoms with Gasteiger partial charge in [-0.05, 0) is 31.3 Å². The molecule has 1 aliphatic rings. The van der Waals surface area contributed by atoms with Crippen molar-refractivity contribution in [1.82, 2.24) is 9.88 Å². The van der Waals surface area contributed by atoms with Crippen LogP contribution >= 0.6 is 23.6 Å². The average Bonchev–Trinajstić information content (AvgIpc) is 2.66. The first kappa shape index (κ1) is 11.0. The monoisotopic (exact) mass is 244 g/mol. The SMILES string of the molecule is CN1CC=C(c2csc(=S)[nH]2)C[C@H]1CF. The molecule has 2 nitrogen and oxygen atoms in total. The Labute approximate surface area is 97.4 Å². The normalized spacial score (nSPS) is 22.8. The second kappa shape index (κ2) is 4.55. The third kappa shape index (κ3) is 2.35. The van der Waals surface area contributed by atoms with Crippen molar-refractivity contribution in [2.24, 2.45) is 0 Å². The number of alkyl halides is 1. The summed E-state index contributed by atoms with van der Waals surface area (Å²) in [5.74, 6) is 0. The topological polar surface area (TPSA) is 19.0 Å². The van der Waals surface area contributed by atoms with E-state index in [9.17, 15) is 4.39 Å². The first-order chi connectivity index (χ1) is 7.20. The van der Waals surface area contributed by atoms with Crippen molar-refractivity contribution >= 4 is 29.1 Å². The van der Waals surface area contributed by atoms with E-state index in [1.54, 1.807) is 0 Å². The molecule has 0 bridgehead atoms. The Kier molecular flexibility index (Phi) is 3.33. The van der Waals surface area contributed by atoms with Gasteiger partial charge in [-0.3, -0.25) is 4.90 Å². The highest BCUT2D eigenvalue weighted by molar-refractivity contribution is 7.73. The number of thiazole rings is 1. The summed E-state index contributed by atoms with van der Waals surface area (Å²) in [6, 6.07) is 0.00636. The molecule has 1 aliphatic heterocycles. The van der Waals surface area contributed by atoms with Crippen LogP contribution in [0.5, 0.6) is 0 Å². The third-order valence-electron chi connectivity index (χ3n) is 2.75. The number of likely N-dealkylation sites (N-methyl/N-ethyl adjacent to an activating group) is 1. The largest absolute Gasteiger partial charge is 0.337 e. The van der Waals surface area contributed by atoms with Gasteiger partial charge in [0.15, 0.2) is 3.95 Å². The number of aromatic amines is 1. The van der Waals surface area contributed by atoms with E-state index in [1.165, 1.54) is 16.9 Å². The van der Waals surface area contributed by atoms with Crippen LogP contribution in [0.3, 0.4) is 0 Å². The summed E-state index contributed by atoms with van der Waals surface area (Å²) in [5, 5.41) is 2.01. The van der Waals surface area contributed by atoms with E-state index in [0.29, 0.717) is 0 Å². The smallest absolute Gasteiger partial charge is 0.158 e. The van der Waals surface area contributed by atoms with E-state index in [4.69, 9.17) is 12.2 Å². The Morgan fingerprint density at radius 2 is 2.53 bits per heavy atom. The summed E-state index contributed by atoms with van der Waals surface area (Å²) in [6.07, 6.45) is 2.90. The molecule has 1 aromatic heterocycles. The molecule has 2 heterocycles. The van der Waals surface area contributed by atoms with Crippen molar-refractivity contribution < 1.29 is 4.39 Å². The lowest BCUT2D eigenvalue weighted by Gasteiger charge is -2.29. The van der Waals surface area contributed by atoms with Crippen molar-refractivity contribution in [3.63, 3.8) is 0 Å². The molecule has 0 fully saturated rings. The molecule has 0 unspecified atom stereocenters. The van der Waals surface area contributed by atoms with Crippen molar-refractivity contribution in [3.05, 3.63) is 21.1 Å². The van der Waals surface area contributed by atoms with Crippen LogP contribution < -0.4 is 0 Å². The predicted octanol–water partition coefficient (Wildman–Crippen LogP) is 2.86.